The van der Waals surface area contributed by atoms with Crippen LogP contribution in [0.5, 0.6) is 5.75 Å². The Morgan fingerprint density at radius 2 is 2.00 bits per heavy atom. The Hall–Kier alpha value is -3.93. The van der Waals surface area contributed by atoms with Crippen molar-refractivity contribution < 1.29 is 27.8 Å². The molecule has 0 aliphatic heterocycles. The molecule has 0 radical (unpaired) electrons. The maximum absolute atomic E-state index is 15.8. The highest BCUT2D eigenvalue weighted by atomic mass is 35.5. The van der Waals surface area contributed by atoms with Crippen LogP contribution in [0.1, 0.15) is 64.7 Å². The van der Waals surface area contributed by atoms with E-state index in [1.54, 1.807) is 12.3 Å². The van der Waals surface area contributed by atoms with Gasteiger partial charge < -0.3 is 20.9 Å². The molecule has 1 fully saturated rings. The molecule has 2 aromatic carbocycles. The van der Waals surface area contributed by atoms with E-state index < -0.39 is 45.6 Å². The van der Waals surface area contributed by atoms with Crippen LogP contribution in [0.25, 0.3) is 11.3 Å². The predicted molar refractivity (Wildman–Crippen MR) is 166 cm³/mol. The topological polar surface area (TPSA) is 110 Å². The number of carbonyl (C=O) groups is 1. The lowest BCUT2D eigenvalue weighted by Crippen LogP contribution is -2.30. The summed E-state index contributed by atoms with van der Waals surface area (Å²) in [5.74, 6) is -3.81. The minimum Gasteiger partial charge on any atom is -0.495 e. The summed E-state index contributed by atoms with van der Waals surface area (Å²) in [6, 6.07) is 9.94. The number of thiophene rings is 1. The van der Waals surface area contributed by atoms with E-state index in [1.165, 1.54) is 44.4 Å². The van der Waals surface area contributed by atoms with E-state index in [9.17, 15) is 18.7 Å². The molecule has 12 heteroatoms. The van der Waals surface area contributed by atoms with Crippen LogP contribution < -0.4 is 15.8 Å². The predicted octanol–water partition coefficient (Wildman–Crippen LogP) is 6.84. The molecule has 1 aliphatic rings. The van der Waals surface area contributed by atoms with E-state index in [0.717, 1.165) is 23.8 Å². The number of aliphatic imine (C=N–C) groups is 1. The molecule has 1 aliphatic carbocycles. The van der Waals surface area contributed by atoms with Crippen molar-refractivity contribution in [3.05, 3.63) is 97.6 Å². The molecular formula is C32H30ClF3N4O3S. The average Bonchev–Trinajstić information content (AvgIpc) is 3.65. The molecule has 0 spiro atoms. The Morgan fingerprint density at radius 1 is 1.25 bits per heavy atom. The van der Waals surface area contributed by atoms with Crippen molar-refractivity contribution in [1.29, 1.82) is 0 Å². The standard InChI is InChI=1S/C32H30ClF3N4O3S/c1-32(2,42)21-12-25(40-30(28(21)36)19-11-22(33)24(35)13-23(19)34)20(27-5-4-8-44-27)15-39-31(41)16-9-17(14-38-18-6-7-18)29(37)26(10-16)43-3/h4-5,8-14,18,20,42H,6-7,15,37H2,1-3H3,(H,39,41). The fourth-order valence-corrected chi connectivity index (χ4v) is 5.66. The molecule has 230 valence electrons. The lowest BCUT2D eigenvalue weighted by molar-refractivity contribution is 0.0743. The van der Waals surface area contributed by atoms with Gasteiger partial charge in [0.2, 0.25) is 0 Å². The summed E-state index contributed by atoms with van der Waals surface area (Å²) in [5.41, 5.74) is 4.99. The van der Waals surface area contributed by atoms with Crippen LogP contribution in [0.4, 0.5) is 18.9 Å². The smallest absolute Gasteiger partial charge is 0.251 e. The van der Waals surface area contributed by atoms with Crippen molar-refractivity contribution in [2.75, 3.05) is 19.4 Å². The van der Waals surface area contributed by atoms with E-state index in [1.807, 2.05) is 17.5 Å². The van der Waals surface area contributed by atoms with E-state index in [4.69, 9.17) is 22.1 Å². The molecule has 4 N–H and O–H groups in total. The number of anilines is 1. The molecule has 4 aromatic rings. The maximum Gasteiger partial charge on any atom is 0.251 e. The molecule has 2 aromatic heterocycles. The molecule has 0 saturated heterocycles. The fraction of sp³-hybridized carbons (Fsp3) is 0.281. The largest absolute Gasteiger partial charge is 0.495 e. The van der Waals surface area contributed by atoms with Gasteiger partial charge in [-0.2, -0.15) is 0 Å². The zero-order valence-corrected chi connectivity index (χ0v) is 25.7. The van der Waals surface area contributed by atoms with Gasteiger partial charge in [-0.15, -0.1) is 11.3 Å². The summed E-state index contributed by atoms with van der Waals surface area (Å²) in [7, 11) is 1.46. The van der Waals surface area contributed by atoms with Crippen molar-refractivity contribution in [1.82, 2.24) is 10.3 Å². The number of ether oxygens (including phenoxy) is 1. The molecule has 5 rings (SSSR count). The number of nitrogen functional groups attached to an aromatic ring is 1. The first-order chi connectivity index (χ1) is 20.9. The number of carbonyl (C=O) groups excluding carboxylic acids is 1. The highest BCUT2D eigenvalue weighted by molar-refractivity contribution is 7.10. The second-order valence-electron chi connectivity index (χ2n) is 11.0. The Balaban J connectivity index is 1.54. The van der Waals surface area contributed by atoms with E-state index in [2.05, 4.69) is 15.3 Å². The van der Waals surface area contributed by atoms with Gasteiger partial charge in [-0.3, -0.25) is 9.79 Å². The molecule has 7 nitrogen and oxygen atoms in total. The Kier molecular flexibility index (Phi) is 9.01. The molecule has 1 saturated carbocycles. The van der Waals surface area contributed by atoms with Gasteiger partial charge in [0, 0.05) is 46.0 Å². The summed E-state index contributed by atoms with van der Waals surface area (Å²) < 4.78 is 50.1. The number of amides is 1. The summed E-state index contributed by atoms with van der Waals surface area (Å²) in [6.07, 6.45) is 3.66. The van der Waals surface area contributed by atoms with Gasteiger partial charge in [-0.1, -0.05) is 17.7 Å². The second kappa shape index (κ2) is 12.6. The Bertz CT molecular complexity index is 1740. The van der Waals surface area contributed by atoms with Crippen molar-refractivity contribution in [3.63, 3.8) is 0 Å². The number of halogens is 4. The summed E-state index contributed by atoms with van der Waals surface area (Å²) in [4.78, 5) is 23.1. The van der Waals surface area contributed by atoms with Crippen molar-refractivity contribution in [2.45, 2.75) is 44.2 Å². The Morgan fingerprint density at radius 3 is 2.64 bits per heavy atom. The van der Waals surface area contributed by atoms with Crippen LogP contribution in [0.3, 0.4) is 0 Å². The van der Waals surface area contributed by atoms with Gasteiger partial charge in [0.05, 0.1) is 41.1 Å². The number of hydrogen-bond donors (Lipinski definition) is 3. The zero-order chi connectivity index (χ0) is 31.8. The number of nitrogens with one attached hydrogen (secondary N) is 1. The molecule has 44 heavy (non-hydrogen) atoms. The highest BCUT2D eigenvalue weighted by Crippen LogP contribution is 2.37. The van der Waals surface area contributed by atoms with Crippen LogP contribution >= 0.6 is 22.9 Å². The van der Waals surface area contributed by atoms with E-state index in [-0.39, 0.29) is 35.0 Å². The van der Waals surface area contributed by atoms with Crippen LogP contribution in [0.15, 0.2) is 52.8 Å². The zero-order valence-electron chi connectivity index (χ0n) is 24.1. The molecule has 1 atom stereocenters. The lowest BCUT2D eigenvalue weighted by Gasteiger charge is -2.24. The summed E-state index contributed by atoms with van der Waals surface area (Å²) >= 11 is 7.29. The normalized spacial score (nSPS) is 14.2. The number of pyridine rings is 1. The average molecular weight is 643 g/mol. The third-order valence-corrected chi connectivity index (χ3v) is 8.52. The molecule has 2 heterocycles. The quantitative estimate of drug-likeness (QED) is 0.0997. The van der Waals surface area contributed by atoms with Gasteiger partial charge in [0.1, 0.15) is 23.1 Å². The van der Waals surface area contributed by atoms with Crippen molar-refractivity contribution >= 4 is 40.7 Å². The minimum absolute atomic E-state index is 0.00750. The monoisotopic (exact) mass is 642 g/mol. The molecule has 0 bridgehead atoms. The number of nitrogens with zero attached hydrogens (tertiary/aromatic N) is 2. The van der Waals surface area contributed by atoms with E-state index in [0.29, 0.717) is 23.1 Å². The first kappa shape index (κ1) is 31.5. The van der Waals surface area contributed by atoms with Crippen molar-refractivity contribution in [3.8, 4) is 17.0 Å². The van der Waals surface area contributed by atoms with Gasteiger partial charge in [0.15, 0.2) is 5.82 Å². The first-order valence-corrected chi connectivity index (χ1v) is 15.0. The minimum atomic E-state index is -1.70. The number of rotatable bonds is 10. The molecule has 1 amide bonds. The second-order valence-corrected chi connectivity index (χ2v) is 12.4. The van der Waals surface area contributed by atoms with Gasteiger partial charge in [-0.05, 0) is 62.4 Å². The van der Waals surface area contributed by atoms with E-state index >= 15 is 4.39 Å². The number of benzene rings is 2. The summed E-state index contributed by atoms with van der Waals surface area (Å²) in [5, 5.41) is 15.2. The lowest BCUT2D eigenvalue weighted by atomic mass is 9.91. The third-order valence-electron chi connectivity index (χ3n) is 7.24. The number of hydrogen-bond acceptors (Lipinski definition) is 7. The maximum atomic E-state index is 15.8. The first-order valence-electron chi connectivity index (χ1n) is 13.8. The molecular weight excluding hydrogens is 613 g/mol. The van der Waals surface area contributed by atoms with Crippen LogP contribution in [0.2, 0.25) is 5.02 Å². The van der Waals surface area contributed by atoms with Crippen molar-refractivity contribution in [2.24, 2.45) is 4.99 Å². The summed E-state index contributed by atoms with van der Waals surface area (Å²) in [6.45, 7) is 2.77. The molecule has 1 unspecified atom stereocenters. The van der Waals surface area contributed by atoms with Crippen LogP contribution in [-0.2, 0) is 5.60 Å². The number of methoxy groups -OCH3 is 1. The SMILES string of the molecule is COc1cc(C(=O)NCC(c2cc(C(C)(C)O)c(F)c(-c3cc(Cl)c(F)cc3F)n2)c2cccs2)cc(C=NC2CC2)c1N. The Labute approximate surface area is 261 Å². The van der Waals surface area contributed by atoms with Gasteiger partial charge in [0.25, 0.3) is 5.91 Å². The van der Waals surface area contributed by atoms with Gasteiger partial charge >= 0.3 is 0 Å². The fourth-order valence-electron chi connectivity index (χ4n) is 4.66. The van der Waals surface area contributed by atoms with Gasteiger partial charge in [-0.25, -0.2) is 18.2 Å². The number of aromatic nitrogens is 1. The van der Waals surface area contributed by atoms with Crippen LogP contribution in [0, 0.1) is 17.5 Å². The number of aliphatic hydroxyl groups is 1. The number of nitrogens with two attached hydrogens (primary N) is 1. The third kappa shape index (κ3) is 6.74. The van der Waals surface area contributed by atoms with Crippen LogP contribution in [-0.4, -0.2) is 41.9 Å². The highest BCUT2D eigenvalue weighted by Gasteiger charge is 2.30.